The summed E-state index contributed by atoms with van der Waals surface area (Å²) in [5.41, 5.74) is 8.26. The fraction of sp³-hybridized carbons (Fsp3) is 0.786. The van der Waals surface area contributed by atoms with Crippen molar-refractivity contribution < 1.29 is 14.9 Å². The molecule has 3 unspecified atom stereocenters. The first-order chi connectivity index (χ1) is 9.92. The van der Waals surface area contributed by atoms with E-state index in [4.69, 9.17) is 10.5 Å². The van der Waals surface area contributed by atoms with E-state index in [1.54, 1.807) is 4.68 Å². The van der Waals surface area contributed by atoms with Gasteiger partial charge in [0.25, 0.3) is 0 Å². The first-order valence-electron chi connectivity index (χ1n) is 7.36. The van der Waals surface area contributed by atoms with E-state index in [9.17, 15) is 10.2 Å². The van der Waals surface area contributed by atoms with Gasteiger partial charge in [-0.25, -0.2) is 0 Å². The number of ether oxygens (including phenoxy) is 1. The minimum absolute atomic E-state index is 0.00725. The summed E-state index contributed by atoms with van der Waals surface area (Å²) in [5, 5.41) is 23.8. The Bertz CT molecular complexity index is 477. The number of anilines is 1. The Labute approximate surface area is 125 Å². The zero-order valence-electron chi connectivity index (χ0n) is 13.0. The van der Waals surface area contributed by atoms with Crippen LogP contribution in [0.5, 0.6) is 0 Å². The van der Waals surface area contributed by atoms with Gasteiger partial charge in [0, 0.05) is 19.1 Å². The molecule has 21 heavy (non-hydrogen) atoms. The van der Waals surface area contributed by atoms with Crippen LogP contribution in [0.1, 0.15) is 18.3 Å². The van der Waals surface area contributed by atoms with E-state index in [-0.39, 0.29) is 18.8 Å². The second kappa shape index (κ2) is 6.74. The zero-order valence-corrected chi connectivity index (χ0v) is 13.0. The number of aryl methyl sites for hydroxylation is 1. The van der Waals surface area contributed by atoms with Gasteiger partial charge in [-0.3, -0.25) is 9.58 Å². The fourth-order valence-corrected chi connectivity index (χ4v) is 2.66. The number of nitrogens with zero attached hydrogens (tertiary/aromatic N) is 3. The Morgan fingerprint density at radius 3 is 2.71 bits per heavy atom. The smallest absolute Gasteiger partial charge is 0.0933 e. The molecule has 3 atom stereocenters. The molecule has 0 spiro atoms. The summed E-state index contributed by atoms with van der Waals surface area (Å²) in [6.45, 7) is 7.98. The number of aliphatic hydroxyl groups excluding tert-OH is 2. The second-order valence-corrected chi connectivity index (χ2v) is 5.86. The van der Waals surface area contributed by atoms with Gasteiger partial charge in [0.1, 0.15) is 0 Å². The van der Waals surface area contributed by atoms with Gasteiger partial charge in [0.05, 0.1) is 49.0 Å². The van der Waals surface area contributed by atoms with E-state index in [2.05, 4.69) is 16.9 Å². The molecule has 1 saturated heterocycles. The van der Waals surface area contributed by atoms with Crippen molar-refractivity contribution in [3.05, 3.63) is 11.4 Å². The molecule has 0 aromatic carbocycles. The molecule has 7 heteroatoms. The average molecular weight is 298 g/mol. The minimum Gasteiger partial charge on any atom is -0.396 e. The van der Waals surface area contributed by atoms with Crippen LogP contribution in [0, 0.1) is 13.8 Å². The second-order valence-electron chi connectivity index (χ2n) is 5.86. The highest BCUT2D eigenvalue weighted by molar-refractivity contribution is 5.46. The van der Waals surface area contributed by atoms with E-state index in [1.807, 2.05) is 13.8 Å². The van der Waals surface area contributed by atoms with Gasteiger partial charge in [-0.05, 0) is 20.8 Å². The van der Waals surface area contributed by atoms with Crippen LogP contribution in [0.25, 0.3) is 0 Å². The Hall–Kier alpha value is -1.15. The molecule has 1 aliphatic heterocycles. The van der Waals surface area contributed by atoms with Crippen molar-refractivity contribution in [2.75, 3.05) is 32.0 Å². The third kappa shape index (κ3) is 3.74. The van der Waals surface area contributed by atoms with Crippen molar-refractivity contribution in [3.8, 4) is 0 Å². The van der Waals surface area contributed by atoms with Crippen molar-refractivity contribution in [3.63, 3.8) is 0 Å². The maximum Gasteiger partial charge on any atom is 0.0933 e. The molecule has 2 rings (SSSR count). The fourth-order valence-electron chi connectivity index (χ4n) is 2.66. The van der Waals surface area contributed by atoms with Gasteiger partial charge in [-0.2, -0.15) is 5.10 Å². The summed E-state index contributed by atoms with van der Waals surface area (Å²) >= 11 is 0. The largest absolute Gasteiger partial charge is 0.396 e. The van der Waals surface area contributed by atoms with E-state index >= 15 is 0 Å². The highest BCUT2D eigenvalue weighted by Crippen LogP contribution is 2.16. The molecule has 120 valence electrons. The SMILES string of the molecule is Cc1nn(CC(O)CN2CC(CO)OCC2C)c(C)c1N. The first kappa shape index (κ1) is 16.2. The van der Waals surface area contributed by atoms with Gasteiger partial charge in [-0.1, -0.05) is 0 Å². The molecule has 1 aliphatic rings. The lowest BCUT2D eigenvalue weighted by molar-refractivity contribution is -0.0876. The van der Waals surface area contributed by atoms with Crippen molar-refractivity contribution in [1.29, 1.82) is 0 Å². The lowest BCUT2D eigenvalue weighted by Crippen LogP contribution is -2.52. The molecule has 1 fully saturated rings. The standard InChI is InChI=1S/C14H26N4O3/c1-9-8-21-13(7-19)6-17(9)4-12(20)5-18-11(3)14(15)10(2)16-18/h9,12-13,19-20H,4-8,15H2,1-3H3. The van der Waals surface area contributed by atoms with Crippen LogP contribution in [0.3, 0.4) is 0 Å². The van der Waals surface area contributed by atoms with Gasteiger partial charge < -0.3 is 20.7 Å². The maximum atomic E-state index is 10.3. The van der Waals surface area contributed by atoms with Crippen molar-refractivity contribution in [2.45, 2.75) is 45.6 Å². The van der Waals surface area contributed by atoms with Crippen LogP contribution in [-0.4, -0.2) is 69.4 Å². The van der Waals surface area contributed by atoms with Crippen LogP contribution in [-0.2, 0) is 11.3 Å². The number of aliphatic hydroxyl groups is 2. The minimum atomic E-state index is -0.540. The molecule has 0 aliphatic carbocycles. The molecular formula is C14H26N4O3. The Balaban J connectivity index is 1.94. The third-order valence-electron chi connectivity index (χ3n) is 4.10. The monoisotopic (exact) mass is 298 g/mol. The quantitative estimate of drug-likeness (QED) is 0.680. The lowest BCUT2D eigenvalue weighted by atomic mass is 10.1. The van der Waals surface area contributed by atoms with Crippen LogP contribution < -0.4 is 5.73 Å². The molecule has 0 saturated carbocycles. The van der Waals surface area contributed by atoms with Crippen molar-refractivity contribution in [1.82, 2.24) is 14.7 Å². The van der Waals surface area contributed by atoms with Crippen LogP contribution in [0.4, 0.5) is 5.69 Å². The van der Waals surface area contributed by atoms with Crippen LogP contribution in [0.2, 0.25) is 0 Å². The van der Waals surface area contributed by atoms with Crippen molar-refractivity contribution in [2.24, 2.45) is 0 Å². The number of aromatic nitrogens is 2. The zero-order chi connectivity index (χ0) is 15.6. The van der Waals surface area contributed by atoms with Gasteiger partial charge in [0.2, 0.25) is 0 Å². The van der Waals surface area contributed by atoms with Gasteiger partial charge >= 0.3 is 0 Å². The normalized spacial score (nSPS) is 25.2. The first-order valence-corrected chi connectivity index (χ1v) is 7.36. The van der Waals surface area contributed by atoms with E-state index in [0.29, 0.717) is 31.9 Å². The Morgan fingerprint density at radius 2 is 2.14 bits per heavy atom. The highest BCUT2D eigenvalue weighted by Gasteiger charge is 2.27. The Kier molecular flexibility index (Phi) is 5.21. The van der Waals surface area contributed by atoms with E-state index in [1.165, 1.54) is 0 Å². The van der Waals surface area contributed by atoms with Crippen LogP contribution in [0.15, 0.2) is 0 Å². The molecule has 0 amide bonds. The molecular weight excluding hydrogens is 272 g/mol. The number of hydrogen-bond donors (Lipinski definition) is 3. The molecule has 4 N–H and O–H groups in total. The van der Waals surface area contributed by atoms with E-state index < -0.39 is 6.10 Å². The number of nitrogen functional groups attached to an aromatic ring is 1. The molecule has 2 heterocycles. The summed E-state index contributed by atoms with van der Waals surface area (Å²) in [4.78, 5) is 2.14. The predicted octanol–water partition coefficient (Wildman–Crippen LogP) is -0.475. The summed E-state index contributed by atoms with van der Waals surface area (Å²) < 4.78 is 7.25. The Morgan fingerprint density at radius 1 is 1.43 bits per heavy atom. The van der Waals surface area contributed by atoms with Crippen LogP contribution >= 0.6 is 0 Å². The maximum absolute atomic E-state index is 10.3. The van der Waals surface area contributed by atoms with Gasteiger partial charge in [0.15, 0.2) is 0 Å². The molecule has 1 aromatic heterocycles. The number of nitrogens with two attached hydrogens (primary N) is 1. The van der Waals surface area contributed by atoms with Crippen molar-refractivity contribution >= 4 is 5.69 Å². The predicted molar refractivity (Wildman–Crippen MR) is 80.0 cm³/mol. The molecule has 7 nitrogen and oxygen atoms in total. The lowest BCUT2D eigenvalue weighted by Gasteiger charge is -2.38. The number of morpholine rings is 1. The number of rotatable bonds is 5. The van der Waals surface area contributed by atoms with E-state index in [0.717, 1.165) is 11.4 Å². The third-order valence-corrected chi connectivity index (χ3v) is 4.10. The summed E-state index contributed by atoms with van der Waals surface area (Å²) in [7, 11) is 0. The summed E-state index contributed by atoms with van der Waals surface area (Å²) in [6, 6.07) is 0.230. The topological polar surface area (TPSA) is 96.8 Å². The number of hydrogen-bond acceptors (Lipinski definition) is 6. The average Bonchev–Trinajstić information content (AvgIpc) is 2.68. The summed E-state index contributed by atoms with van der Waals surface area (Å²) in [5.74, 6) is 0. The molecule has 0 radical (unpaired) electrons. The summed E-state index contributed by atoms with van der Waals surface area (Å²) in [6.07, 6.45) is -0.708. The molecule has 1 aromatic rings. The van der Waals surface area contributed by atoms with Gasteiger partial charge in [-0.15, -0.1) is 0 Å². The molecule has 0 bridgehead atoms. The highest BCUT2D eigenvalue weighted by atomic mass is 16.5. The number of β-amino-alcohol motifs (C(OH)–C–C–N with tert-alkyl or cyclic N) is 1.